The van der Waals surface area contributed by atoms with Crippen LogP contribution in [0.25, 0.3) is 0 Å². The zero-order valence-electron chi connectivity index (χ0n) is 14.3. The van der Waals surface area contributed by atoms with Gasteiger partial charge >= 0.3 is 0 Å². The van der Waals surface area contributed by atoms with Crippen LogP contribution in [0, 0.1) is 11.3 Å². The van der Waals surface area contributed by atoms with Crippen LogP contribution in [0.1, 0.15) is 73.7 Å². The molecule has 0 N–H and O–H groups in total. The Balaban J connectivity index is 0.00000154. The fourth-order valence-corrected chi connectivity index (χ4v) is 1.64. The minimum absolute atomic E-state index is 0.0905. The van der Waals surface area contributed by atoms with Crippen molar-refractivity contribution >= 4 is 0 Å². The fraction of sp³-hybridized carbons (Fsp3) is 0.765. The molecule has 0 aliphatic heterocycles. The number of hydrogen-bond acceptors (Lipinski definition) is 2. The molecular formula is C17H32N2. The van der Waals surface area contributed by atoms with Crippen LogP contribution in [0.3, 0.4) is 0 Å². The highest BCUT2D eigenvalue weighted by Gasteiger charge is 2.26. The molecule has 0 aliphatic carbocycles. The number of hydrogen-bond donors (Lipinski definition) is 0. The van der Waals surface area contributed by atoms with E-state index in [2.05, 4.69) is 70.8 Å². The van der Waals surface area contributed by atoms with Gasteiger partial charge in [-0.25, -0.2) is 0 Å². The van der Waals surface area contributed by atoms with Gasteiger partial charge in [-0.3, -0.25) is 0 Å². The Morgan fingerprint density at radius 2 is 1.47 bits per heavy atom. The molecule has 2 nitrogen and oxygen atoms in total. The van der Waals surface area contributed by atoms with Crippen LogP contribution < -0.4 is 0 Å². The highest BCUT2D eigenvalue weighted by Crippen LogP contribution is 2.29. The first-order valence-electron chi connectivity index (χ1n) is 7.46. The van der Waals surface area contributed by atoms with Gasteiger partial charge in [0.2, 0.25) is 0 Å². The van der Waals surface area contributed by atoms with E-state index in [0.29, 0.717) is 5.92 Å². The van der Waals surface area contributed by atoms with Crippen molar-refractivity contribution in [3.05, 3.63) is 23.5 Å². The number of aromatic nitrogens is 2. The van der Waals surface area contributed by atoms with Gasteiger partial charge < -0.3 is 0 Å². The summed E-state index contributed by atoms with van der Waals surface area (Å²) < 4.78 is 0. The second-order valence-electron chi connectivity index (χ2n) is 7.02. The molecule has 0 saturated heterocycles. The Hall–Kier alpha value is -0.920. The van der Waals surface area contributed by atoms with Gasteiger partial charge in [-0.2, -0.15) is 10.2 Å². The molecule has 0 unspecified atom stereocenters. The number of rotatable bonds is 3. The molecule has 1 aromatic heterocycles. The highest BCUT2D eigenvalue weighted by molar-refractivity contribution is 5.16. The molecule has 0 aromatic carbocycles. The highest BCUT2D eigenvalue weighted by atomic mass is 15.1. The predicted octanol–water partition coefficient (Wildman–Crippen LogP) is 5.03. The predicted molar refractivity (Wildman–Crippen MR) is 84.4 cm³/mol. The third-order valence-corrected chi connectivity index (χ3v) is 3.53. The van der Waals surface area contributed by atoms with E-state index in [1.165, 1.54) is 0 Å². The quantitative estimate of drug-likeness (QED) is 0.765. The topological polar surface area (TPSA) is 25.8 Å². The average Bonchev–Trinajstić information content (AvgIpc) is 2.30. The molecule has 0 aliphatic rings. The van der Waals surface area contributed by atoms with Crippen molar-refractivity contribution in [2.45, 2.75) is 74.1 Å². The first-order valence-corrected chi connectivity index (χ1v) is 7.46. The maximum atomic E-state index is 4.41. The Morgan fingerprint density at radius 3 is 1.79 bits per heavy atom. The minimum atomic E-state index is 0.0905. The molecule has 0 atom stereocenters. The van der Waals surface area contributed by atoms with Crippen molar-refractivity contribution in [2.24, 2.45) is 11.3 Å². The third kappa shape index (κ3) is 5.71. The summed E-state index contributed by atoms with van der Waals surface area (Å²) in [6.45, 7) is 19.6. The first kappa shape index (κ1) is 18.1. The van der Waals surface area contributed by atoms with Crippen molar-refractivity contribution in [3.63, 3.8) is 0 Å². The van der Waals surface area contributed by atoms with Gasteiger partial charge in [0.1, 0.15) is 0 Å². The van der Waals surface area contributed by atoms with E-state index < -0.39 is 0 Å². The zero-order chi connectivity index (χ0) is 15.3. The molecule has 1 aromatic rings. The van der Waals surface area contributed by atoms with Crippen LogP contribution in [0.5, 0.6) is 0 Å². The first-order chi connectivity index (χ1) is 8.63. The van der Waals surface area contributed by atoms with Crippen molar-refractivity contribution < 1.29 is 0 Å². The van der Waals surface area contributed by atoms with Crippen LogP contribution in [-0.2, 0) is 11.8 Å². The summed E-state index contributed by atoms with van der Waals surface area (Å²) in [4.78, 5) is 0. The summed E-state index contributed by atoms with van der Waals surface area (Å²) in [5.74, 6) is 0.560. The molecule has 0 spiro atoms. The maximum Gasteiger partial charge on any atom is 0.0690 e. The van der Waals surface area contributed by atoms with Crippen LogP contribution in [0.15, 0.2) is 12.1 Å². The van der Waals surface area contributed by atoms with E-state index in [9.17, 15) is 0 Å². The standard InChI is InChI=1S/C15H26N2.C2H6/c1-11(2)15(6,7)13-9-8-12(16-17-13)10-14(3,4)5;1-2/h8-9,11H,10H2,1-7H3;1-2H3. The lowest BCUT2D eigenvalue weighted by atomic mass is 9.78. The summed E-state index contributed by atoms with van der Waals surface area (Å²) in [5.41, 5.74) is 2.53. The summed E-state index contributed by atoms with van der Waals surface area (Å²) in [6.07, 6.45) is 0.975. The largest absolute Gasteiger partial charge is 0.155 e. The Kier molecular flexibility index (Phi) is 6.68. The SMILES string of the molecule is CC.CC(C)C(C)(C)c1ccc(CC(C)(C)C)nn1. The van der Waals surface area contributed by atoms with Crippen LogP contribution in [-0.4, -0.2) is 10.2 Å². The normalized spacial score (nSPS) is 12.1. The van der Waals surface area contributed by atoms with Gasteiger partial charge in [-0.1, -0.05) is 62.3 Å². The van der Waals surface area contributed by atoms with Crippen molar-refractivity contribution in [1.82, 2.24) is 10.2 Å². The fourth-order valence-electron chi connectivity index (χ4n) is 1.64. The van der Waals surface area contributed by atoms with Gasteiger partial charge in [0.25, 0.3) is 0 Å². The lowest BCUT2D eigenvalue weighted by Crippen LogP contribution is -2.26. The second-order valence-corrected chi connectivity index (χ2v) is 7.02. The van der Waals surface area contributed by atoms with Gasteiger partial charge in [-0.15, -0.1) is 0 Å². The van der Waals surface area contributed by atoms with E-state index in [4.69, 9.17) is 0 Å². The zero-order valence-corrected chi connectivity index (χ0v) is 14.3. The summed E-state index contributed by atoms with van der Waals surface area (Å²) in [7, 11) is 0. The second kappa shape index (κ2) is 7.02. The van der Waals surface area contributed by atoms with Crippen LogP contribution in [0.4, 0.5) is 0 Å². The molecule has 110 valence electrons. The molecule has 0 radical (unpaired) electrons. The Bertz CT molecular complexity index is 356. The molecule has 1 rings (SSSR count). The van der Waals surface area contributed by atoms with Gasteiger partial charge in [0.05, 0.1) is 11.4 Å². The van der Waals surface area contributed by atoms with Crippen LogP contribution in [0.2, 0.25) is 0 Å². The van der Waals surface area contributed by atoms with Crippen LogP contribution >= 0.6 is 0 Å². The Morgan fingerprint density at radius 1 is 0.947 bits per heavy atom. The molecule has 1 heterocycles. The maximum absolute atomic E-state index is 4.41. The van der Waals surface area contributed by atoms with Crippen molar-refractivity contribution in [3.8, 4) is 0 Å². The molecule has 0 bridgehead atoms. The lowest BCUT2D eigenvalue weighted by molar-refractivity contribution is 0.356. The van der Waals surface area contributed by atoms with E-state index in [1.54, 1.807) is 0 Å². The monoisotopic (exact) mass is 264 g/mol. The van der Waals surface area contributed by atoms with Crippen molar-refractivity contribution in [2.75, 3.05) is 0 Å². The van der Waals surface area contributed by atoms with Gasteiger partial charge in [0.15, 0.2) is 0 Å². The van der Waals surface area contributed by atoms with Gasteiger partial charge in [0, 0.05) is 5.41 Å². The average molecular weight is 264 g/mol. The van der Waals surface area contributed by atoms with E-state index >= 15 is 0 Å². The smallest absolute Gasteiger partial charge is 0.0690 e. The molecule has 2 heteroatoms. The van der Waals surface area contributed by atoms with E-state index in [-0.39, 0.29) is 10.8 Å². The van der Waals surface area contributed by atoms with Crippen molar-refractivity contribution in [1.29, 1.82) is 0 Å². The molecular weight excluding hydrogens is 232 g/mol. The summed E-state index contributed by atoms with van der Waals surface area (Å²) in [5, 5.41) is 8.77. The third-order valence-electron chi connectivity index (χ3n) is 3.53. The van der Waals surface area contributed by atoms with Gasteiger partial charge in [-0.05, 0) is 29.9 Å². The Labute approximate surface area is 120 Å². The summed E-state index contributed by atoms with van der Waals surface area (Å²) in [6, 6.07) is 4.26. The van der Waals surface area contributed by atoms with E-state index in [0.717, 1.165) is 17.8 Å². The number of nitrogens with zero attached hydrogens (tertiary/aromatic N) is 2. The lowest BCUT2D eigenvalue weighted by Gasteiger charge is -2.28. The molecule has 0 saturated carbocycles. The molecule has 0 fully saturated rings. The molecule has 0 amide bonds. The molecule has 19 heavy (non-hydrogen) atoms. The van der Waals surface area contributed by atoms with E-state index in [1.807, 2.05) is 13.8 Å². The summed E-state index contributed by atoms with van der Waals surface area (Å²) >= 11 is 0. The minimum Gasteiger partial charge on any atom is -0.155 e.